The van der Waals surface area contributed by atoms with Gasteiger partial charge in [-0.25, -0.2) is 0 Å². The van der Waals surface area contributed by atoms with Gasteiger partial charge in [0, 0.05) is 35.4 Å². The van der Waals surface area contributed by atoms with Gasteiger partial charge in [-0.2, -0.15) is 0 Å². The zero-order valence-corrected chi connectivity index (χ0v) is 21.3. The predicted molar refractivity (Wildman–Crippen MR) is 156 cm³/mol. The summed E-state index contributed by atoms with van der Waals surface area (Å²) in [6.45, 7) is 0. The van der Waals surface area contributed by atoms with Crippen molar-refractivity contribution in [2.45, 2.75) is 0 Å². The first-order chi connectivity index (χ1) is 19.4. The lowest BCUT2D eigenvalue weighted by molar-refractivity contribution is 0.458. The molecule has 0 bridgehead atoms. The molecule has 40 heavy (non-hydrogen) atoms. The summed E-state index contributed by atoms with van der Waals surface area (Å²) in [5.74, 6) is 14.3. The first kappa shape index (κ1) is 25.7. The van der Waals surface area contributed by atoms with Crippen molar-refractivity contribution in [3.05, 3.63) is 131 Å². The summed E-state index contributed by atoms with van der Waals surface area (Å²) in [7, 11) is 0. The van der Waals surface area contributed by atoms with Crippen LogP contribution in [0, 0.1) is 23.7 Å². The van der Waals surface area contributed by atoms with Gasteiger partial charge in [-0.05, 0) is 48.5 Å². The summed E-state index contributed by atoms with van der Waals surface area (Å²) < 4.78 is 12.4. The van der Waals surface area contributed by atoms with E-state index in [4.69, 9.17) is 20.9 Å². The van der Waals surface area contributed by atoms with Crippen molar-refractivity contribution in [1.82, 2.24) is 0 Å². The van der Waals surface area contributed by atoms with Crippen LogP contribution in [0.4, 0.5) is 11.4 Å². The molecule has 6 nitrogen and oxygen atoms in total. The molecule has 6 N–H and O–H groups in total. The van der Waals surface area contributed by atoms with Crippen LogP contribution in [0.5, 0.6) is 34.5 Å². The Bertz CT molecular complexity index is 1660. The second-order valence-electron chi connectivity index (χ2n) is 8.72. The fourth-order valence-electron chi connectivity index (χ4n) is 3.69. The van der Waals surface area contributed by atoms with Gasteiger partial charge >= 0.3 is 0 Å². The number of hydrogen-bond donors (Lipinski definition) is 4. The first-order valence-electron chi connectivity index (χ1n) is 12.3. The third-order valence-corrected chi connectivity index (χ3v) is 5.77. The van der Waals surface area contributed by atoms with E-state index in [1.807, 2.05) is 60.7 Å². The van der Waals surface area contributed by atoms with Gasteiger partial charge in [0.25, 0.3) is 0 Å². The molecule has 194 valence electrons. The zero-order chi connectivity index (χ0) is 27.9. The Hall–Kier alpha value is -5.98. The van der Waals surface area contributed by atoms with Crippen molar-refractivity contribution in [3.63, 3.8) is 0 Å². The number of phenolic OH excluding ortho intramolecular Hbond substituents is 2. The number of anilines is 2. The maximum absolute atomic E-state index is 9.85. The van der Waals surface area contributed by atoms with Crippen LogP contribution in [0.3, 0.4) is 0 Å². The maximum atomic E-state index is 9.85. The number of nitrogens with two attached hydrogens (primary N) is 2. The normalized spacial score (nSPS) is 10.0. The Morgan fingerprint density at radius 2 is 0.875 bits per heavy atom. The Balaban J connectivity index is 1.65. The number of phenols is 2. The predicted octanol–water partition coefficient (Wildman–Crippen LogP) is 6.65. The van der Waals surface area contributed by atoms with E-state index in [9.17, 15) is 10.2 Å². The van der Waals surface area contributed by atoms with E-state index in [1.165, 1.54) is 24.3 Å². The first-order valence-corrected chi connectivity index (χ1v) is 12.3. The van der Waals surface area contributed by atoms with Crippen molar-refractivity contribution in [1.29, 1.82) is 0 Å². The van der Waals surface area contributed by atoms with E-state index in [0.717, 1.165) is 11.1 Å². The van der Waals surface area contributed by atoms with Crippen LogP contribution in [0.1, 0.15) is 22.3 Å². The summed E-state index contributed by atoms with van der Waals surface area (Å²) in [5.41, 5.74) is 14.9. The van der Waals surface area contributed by atoms with Gasteiger partial charge in [-0.15, -0.1) is 0 Å². The van der Waals surface area contributed by atoms with E-state index in [1.54, 1.807) is 24.3 Å². The van der Waals surface area contributed by atoms with E-state index < -0.39 is 0 Å². The van der Waals surface area contributed by atoms with Gasteiger partial charge in [0.15, 0.2) is 0 Å². The summed E-state index contributed by atoms with van der Waals surface area (Å²) in [5, 5.41) is 19.7. The minimum atomic E-state index is -0.0391. The molecule has 0 aliphatic carbocycles. The average molecular weight is 525 g/mol. The molecule has 5 aromatic carbocycles. The van der Waals surface area contributed by atoms with Gasteiger partial charge in [0.05, 0.1) is 22.5 Å². The number of ether oxygens (including phenoxy) is 2. The second-order valence-corrected chi connectivity index (χ2v) is 8.72. The molecule has 0 saturated heterocycles. The Kier molecular flexibility index (Phi) is 7.44. The molecule has 0 spiro atoms. The van der Waals surface area contributed by atoms with Gasteiger partial charge in [0.1, 0.15) is 34.5 Å². The Morgan fingerprint density at radius 1 is 0.475 bits per heavy atom. The summed E-state index contributed by atoms with van der Waals surface area (Å²) >= 11 is 0. The second kappa shape index (κ2) is 11.6. The van der Waals surface area contributed by atoms with Crippen LogP contribution in [0.25, 0.3) is 0 Å². The molecule has 5 aromatic rings. The molecule has 0 atom stereocenters. The number of rotatable bonds is 4. The molecule has 0 saturated carbocycles. The van der Waals surface area contributed by atoms with E-state index in [-0.39, 0.29) is 22.9 Å². The van der Waals surface area contributed by atoms with Crippen molar-refractivity contribution in [2.75, 3.05) is 11.5 Å². The molecular formula is C34H24N2O4. The van der Waals surface area contributed by atoms with Crippen LogP contribution in [0.2, 0.25) is 0 Å². The standard InChI is InChI=1S/C34H24N2O4/c35-29-21-27(15-17-31(29)37)39-33-20-26(14-12-24-9-5-2-6-10-24)34(40-28-16-18-32(38)30(36)22-28)19-25(33)13-11-23-7-3-1-4-8-23/h1-10,15-22,37-38H,35-36H2. The minimum absolute atomic E-state index is 0.0391. The van der Waals surface area contributed by atoms with Crippen molar-refractivity contribution in [2.24, 2.45) is 0 Å². The van der Waals surface area contributed by atoms with E-state index >= 15 is 0 Å². The summed E-state index contributed by atoms with van der Waals surface area (Å²) in [6, 6.07) is 31.8. The Labute approximate surface area is 232 Å². The molecule has 0 aliphatic heterocycles. The average Bonchev–Trinajstić information content (AvgIpc) is 2.97. The fourth-order valence-corrected chi connectivity index (χ4v) is 3.69. The molecule has 0 fully saturated rings. The van der Waals surface area contributed by atoms with E-state index in [2.05, 4.69) is 23.7 Å². The van der Waals surface area contributed by atoms with Crippen LogP contribution in [0.15, 0.2) is 109 Å². The monoisotopic (exact) mass is 524 g/mol. The number of benzene rings is 5. The SMILES string of the molecule is Nc1cc(Oc2cc(C#Cc3ccccc3)c(Oc3ccc(O)c(N)c3)cc2C#Cc2ccccc2)ccc1O. The van der Waals surface area contributed by atoms with Gasteiger partial charge < -0.3 is 31.2 Å². The lowest BCUT2D eigenvalue weighted by Crippen LogP contribution is -1.96. The molecule has 6 heteroatoms. The highest BCUT2D eigenvalue weighted by atomic mass is 16.5. The van der Waals surface area contributed by atoms with Gasteiger partial charge in [-0.3, -0.25) is 0 Å². The molecule has 0 radical (unpaired) electrons. The third kappa shape index (κ3) is 6.28. The highest BCUT2D eigenvalue weighted by molar-refractivity contribution is 5.64. The van der Waals surface area contributed by atoms with Crippen molar-refractivity contribution in [3.8, 4) is 58.2 Å². The third-order valence-electron chi connectivity index (χ3n) is 5.77. The highest BCUT2D eigenvalue weighted by Crippen LogP contribution is 2.36. The Morgan fingerprint density at radius 3 is 1.25 bits per heavy atom. The topological polar surface area (TPSA) is 111 Å². The molecule has 0 heterocycles. The lowest BCUT2D eigenvalue weighted by Gasteiger charge is -2.14. The van der Waals surface area contributed by atoms with Crippen molar-refractivity contribution < 1.29 is 19.7 Å². The van der Waals surface area contributed by atoms with Crippen LogP contribution in [-0.4, -0.2) is 10.2 Å². The highest BCUT2D eigenvalue weighted by Gasteiger charge is 2.14. The number of hydrogen-bond acceptors (Lipinski definition) is 6. The van der Waals surface area contributed by atoms with Crippen LogP contribution in [-0.2, 0) is 0 Å². The molecule has 0 aromatic heterocycles. The van der Waals surface area contributed by atoms with Crippen LogP contribution >= 0.6 is 0 Å². The quantitative estimate of drug-likeness (QED) is 0.119. The maximum Gasteiger partial charge on any atom is 0.144 e. The minimum Gasteiger partial charge on any atom is -0.506 e. The summed E-state index contributed by atoms with van der Waals surface area (Å²) in [6.07, 6.45) is 0. The van der Waals surface area contributed by atoms with Gasteiger partial charge in [0.2, 0.25) is 0 Å². The molecule has 5 rings (SSSR count). The lowest BCUT2D eigenvalue weighted by atomic mass is 10.1. The van der Waals surface area contributed by atoms with E-state index in [0.29, 0.717) is 34.1 Å². The largest absolute Gasteiger partial charge is 0.506 e. The molecular weight excluding hydrogens is 500 g/mol. The van der Waals surface area contributed by atoms with Crippen LogP contribution < -0.4 is 20.9 Å². The van der Waals surface area contributed by atoms with Gasteiger partial charge in [-0.1, -0.05) is 60.1 Å². The number of nitrogen functional groups attached to an aromatic ring is 2. The summed E-state index contributed by atoms with van der Waals surface area (Å²) in [4.78, 5) is 0. The molecule has 0 unspecified atom stereocenters. The number of aromatic hydroxyl groups is 2. The smallest absolute Gasteiger partial charge is 0.144 e. The molecule has 0 amide bonds. The molecule has 0 aliphatic rings. The van der Waals surface area contributed by atoms with Crippen molar-refractivity contribution >= 4 is 11.4 Å². The fraction of sp³-hybridized carbons (Fsp3) is 0. The zero-order valence-electron chi connectivity index (χ0n) is 21.3.